The normalized spacial score (nSPS) is 12.2. The number of nitrogens with zero attached hydrogens (tertiary/aromatic N) is 2. The predicted molar refractivity (Wildman–Crippen MR) is 64.6 cm³/mol. The van der Waals surface area contributed by atoms with Crippen molar-refractivity contribution in [2.75, 3.05) is 13.7 Å². The van der Waals surface area contributed by atoms with Gasteiger partial charge >= 0.3 is 6.01 Å². The molecule has 0 saturated carbocycles. The van der Waals surface area contributed by atoms with Gasteiger partial charge < -0.3 is 15.2 Å². The molecular weight excluding hydrogens is 226 g/mol. The highest BCUT2D eigenvalue weighted by atomic mass is 32.1. The molecule has 0 fully saturated rings. The number of thiocarbonyl (C=S) groups is 1. The van der Waals surface area contributed by atoms with Gasteiger partial charge in [0.15, 0.2) is 0 Å². The summed E-state index contributed by atoms with van der Waals surface area (Å²) in [4.78, 5) is 8.47. The van der Waals surface area contributed by atoms with E-state index in [1.807, 2.05) is 13.8 Å². The summed E-state index contributed by atoms with van der Waals surface area (Å²) in [5.74, 6) is 0. The maximum Gasteiger partial charge on any atom is 0.317 e. The number of nitrogens with two attached hydrogens (primary N) is 1. The number of aryl methyl sites for hydroxylation is 1. The third-order valence-corrected chi connectivity index (χ3v) is 2.00. The molecule has 6 heteroatoms. The van der Waals surface area contributed by atoms with Crippen LogP contribution in [-0.4, -0.2) is 34.8 Å². The smallest absolute Gasteiger partial charge is 0.317 e. The zero-order valence-electron chi connectivity index (χ0n) is 9.56. The van der Waals surface area contributed by atoms with E-state index >= 15 is 0 Å². The van der Waals surface area contributed by atoms with E-state index in [1.165, 1.54) is 0 Å². The average molecular weight is 241 g/mol. The summed E-state index contributed by atoms with van der Waals surface area (Å²) < 4.78 is 10.4. The first-order valence-corrected chi connectivity index (χ1v) is 5.25. The highest BCUT2D eigenvalue weighted by Gasteiger charge is 2.09. The molecule has 1 heterocycles. The molecule has 2 N–H and O–H groups in total. The molecule has 0 spiro atoms. The largest absolute Gasteiger partial charge is 0.458 e. The Morgan fingerprint density at radius 2 is 2.25 bits per heavy atom. The van der Waals surface area contributed by atoms with Crippen molar-refractivity contribution in [2.24, 2.45) is 5.73 Å². The van der Waals surface area contributed by atoms with E-state index < -0.39 is 0 Å². The molecule has 0 saturated heterocycles. The second-order valence-electron chi connectivity index (χ2n) is 3.43. The Bertz CT molecular complexity index is 384. The molecule has 0 aliphatic rings. The van der Waals surface area contributed by atoms with Crippen LogP contribution in [0.15, 0.2) is 6.07 Å². The number of ether oxygens (including phenoxy) is 2. The van der Waals surface area contributed by atoms with Gasteiger partial charge in [-0.05, 0) is 19.9 Å². The molecule has 1 rings (SSSR count). The minimum absolute atomic E-state index is 0.119. The van der Waals surface area contributed by atoms with Gasteiger partial charge in [-0.15, -0.1) is 0 Å². The summed E-state index contributed by atoms with van der Waals surface area (Å²) in [5, 5.41) is 0. The minimum Gasteiger partial charge on any atom is -0.458 e. The molecule has 1 aromatic heterocycles. The fourth-order valence-electron chi connectivity index (χ4n) is 1.17. The topological polar surface area (TPSA) is 70.3 Å². The van der Waals surface area contributed by atoms with Gasteiger partial charge in [0.2, 0.25) is 0 Å². The van der Waals surface area contributed by atoms with Gasteiger partial charge in [0.1, 0.15) is 16.8 Å². The number of hydrogen-bond acceptors (Lipinski definition) is 5. The second kappa shape index (κ2) is 5.72. The van der Waals surface area contributed by atoms with Gasteiger partial charge in [-0.3, -0.25) is 0 Å². The molecule has 0 aliphatic heterocycles. The zero-order valence-corrected chi connectivity index (χ0v) is 10.4. The Kier molecular flexibility index (Phi) is 4.57. The van der Waals surface area contributed by atoms with Crippen molar-refractivity contribution in [1.82, 2.24) is 9.97 Å². The van der Waals surface area contributed by atoms with Gasteiger partial charge in [-0.1, -0.05) is 12.2 Å². The van der Waals surface area contributed by atoms with Crippen LogP contribution in [0.1, 0.15) is 18.3 Å². The Balaban J connectivity index is 2.84. The second-order valence-corrected chi connectivity index (χ2v) is 3.87. The lowest BCUT2D eigenvalue weighted by Crippen LogP contribution is -2.21. The molecule has 1 aromatic rings. The van der Waals surface area contributed by atoms with E-state index in [1.54, 1.807) is 13.2 Å². The maximum atomic E-state index is 5.50. The van der Waals surface area contributed by atoms with Crippen LogP contribution in [0.2, 0.25) is 0 Å². The van der Waals surface area contributed by atoms with Crippen LogP contribution in [0.4, 0.5) is 0 Å². The van der Waals surface area contributed by atoms with Crippen LogP contribution in [-0.2, 0) is 4.74 Å². The quantitative estimate of drug-likeness (QED) is 0.770. The zero-order chi connectivity index (χ0) is 12.1. The van der Waals surface area contributed by atoms with Crippen molar-refractivity contribution in [2.45, 2.75) is 20.0 Å². The van der Waals surface area contributed by atoms with Crippen molar-refractivity contribution in [3.8, 4) is 6.01 Å². The van der Waals surface area contributed by atoms with E-state index in [0.717, 1.165) is 5.69 Å². The summed E-state index contributed by atoms with van der Waals surface area (Å²) >= 11 is 4.85. The maximum absolute atomic E-state index is 5.50. The van der Waals surface area contributed by atoms with E-state index in [9.17, 15) is 0 Å². The van der Waals surface area contributed by atoms with E-state index in [0.29, 0.717) is 12.3 Å². The molecule has 0 bridgehead atoms. The minimum atomic E-state index is -0.119. The van der Waals surface area contributed by atoms with E-state index in [-0.39, 0.29) is 17.1 Å². The first kappa shape index (κ1) is 12.8. The lowest BCUT2D eigenvalue weighted by Gasteiger charge is -2.12. The Labute approximate surface area is 100.0 Å². The van der Waals surface area contributed by atoms with Gasteiger partial charge in [0.25, 0.3) is 0 Å². The van der Waals surface area contributed by atoms with Crippen LogP contribution in [0.5, 0.6) is 6.01 Å². The summed E-state index contributed by atoms with van der Waals surface area (Å²) in [6.45, 7) is 4.17. The lowest BCUT2D eigenvalue weighted by molar-refractivity contribution is 0.0853. The van der Waals surface area contributed by atoms with Crippen molar-refractivity contribution >= 4 is 17.2 Å². The fraction of sp³-hybridized carbons (Fsp3) is 0.500. The molecular formula is C10H15N3O2S. The first-order chi connectivity index (χ1) is 7.52. The van der Waals surface area contributed by atoms with E-state index in [4.69, 9.17) is 27.4 Å². The average Bonchev–Trinajstić information content (AvgIpc) is 2.16. The molecule has 5 nitrogen and oxygen atoms in total. The molecule has 1 unspecified atom stereocenters. The van der Waals surface area contributed by atoms with Crippen LogP contribution in [0, 0.1) is 6.92 Å². The summed E-state index contributed by atoms with van der Waals surface area (Å²) in [7, 11) is 1.61. The SMILES string of the molecule is COCC(C)Oc1nc(C)cc(C(N)=S)n1. The van der Waals surface area contributed by atoms with Crippen molar-refractivity contribution in [3.05, 3.63) is 17.5 Å². The van der Waals surface area contributed by atoms with Gasteiger partial charge in [-0.25, -0.2) is 4.98 Å². The van der Waals surface area contributed by atoms with Crippen LogP contribution in [0.3, 0.4) is 0 Å². The number of methoxy groups -OCH3 is 1. The van der Waals surface area contributed by atoms with Gasteiger partial charge in [0, 0.05) is 12.8 Å². The number of hydrogen-bond donors (Lipinski definition) is 1. The molecule has 0 radical (unpaired) electrons. The monoisotopic (exact) mass is 241 g/mol. The number of aromatic nitrogens is 2. The van der Waals surface area contributed by atoms with Crippen LogP contribution >= 0.6 is 12.2 Å². The van der Waals surface area contributed by atoms with Crippen LogP contribution in [0.25, 0.3) is 0 Å². The first-order valence-electron chi connectivity index (χ1n) is 4.84. The lowest BCUT2D eigenvalue weighted by atomic mass is 10.3. The number of rotatable bonds is 5. The Hall–Kier alpha value is -1.27. The third-order valence-electron chi connectivity index (χ3n) is 1.79. The summed E-state index contributed by atoms with van der Waals surface area (Å²) in [5.41, 5.74) is 6.78. The molecule has 0 amide bonds. The third kappa shape index (κ3) is 3.71. The van der Waals surface area contributed by atoms with Gasteiger partial charge in [-0.2, -0.15) is 4.98 Å². The highest BCUT2D eigenvalue weighted by molar-refractivity contribution is 7.80. The van der Waals surface area contributed by atoms with E-state index in [2.05, 4.69) is 9.97 Å². The standard InChI is InChI=1S/C10H15N3O2S/c1-6-4-8(9(11)16)13-10(12-6)15-7(2)5-14-3/h4,7H,5H2,1-3H3,(H2,11,16). The Morgan fingerprint density at radius 3 is 2.81 bits per heavy atom. The molecule has 16 heavy (non-hydrogen) atoms. The molecule has 0 aromatic carbocycles. The van der Waals surface area contributed by atoms with Crippen molar-refractivity contribution in [1.29, 1.82) is 0 Å². The van der Waals surface area contributed by atoms with Gasteiger partial charge in [0.05, 0.1) is 6.61 Å². The molecule has 0 aliphatic carbocycles. The van der Waals surface area contributed by atoms with Crippen LogP contribution < -0.4 is 10.5 Å². The predicted octanol–water partition coefficient (Wildman–Crippen LogP) is 0.833. The Morgan fingerprint density at radius 1 is 1.56 bits per heavy atom. The summed E-state index contributed by atoms with van der Waals surface area (Å²) in [6, 6.07) is 1.99. The van der Waals surface area contributed by atoms with Crippen molar-refractivity contribution < 1.29 is 9.47 Å². The molecule has 88 valence electrons. The molecule has 1 atom stereocenters. The highest BCUT2D eigenvalue weighted by Crippen LogP contribution is 2.09. The summed E-state index contributed by atoms with van der Waals surface area (Å²) in [6.07, 6.45) is -0.119. The fourth-order valence-corrected chi connectivity index (χ4v) is 1.27. The van der Waals surface area contributed by atoms with Crippen molar-refractivity contribution in [3.63, 3.8) is 0 Å².